The third-order valence-electron chi connectivity index (χ3n) is 4.03. The van der Waals surface area contributed by atoms with Crippen molar-refractivity contribution in [3.8, 4) is 11.5 Å². The molecule has 0 spiro atoms. The Kier molecular flexibility index (Phi) is 6.92. The number of hydrogen-bond acceptors (Lipinski definition) is 4. The molecule has 0 unspecified atom stereocenters. The molecule has 0 aromatic heterocycles. The molecular formula is C17H26N2O3S. The minimum absolute atomic E-state index is 0.235. The maximum atomic E-state index is 5.66. The van der Waals surface area contributed by atoms with Gasteiger partial charge in [0.1, 0.15) is 0 Å². The summed E-state index contributed by atoms with van der Waals surface area (Å²) in [5.41, 5.74) is 1.17. The average Bonchev–Trinajstić information content (AvgIpc) is 3.09. The zero-order valence-electron chi connectivity index (χ0n) is 14.1. The molecule has 0 radical (unpaired) electrons. The third kappa shape index (κ3) is 5.25. The summed E-state index contributed by atoms with van der Waals surface area (Å²) in [5.74, 6) is 1.49. The molecule has 2 atom stereocenters. The summed E-state index contributed by atoms with van der Waals surface area (Å²) in [6.07, 6.45) is 3.36. The van der Waals surface area contributed by atoms with Gasteiger partial charge in [0, 0.05) is 13.2 Å². The third-order valence-corrected chi connectivity index (χ3v) is 4.29. The number of benzene rings is 1. The highest BCUT2D eigenvalue weighted by Gasteiger charge is 2.22. The van der Waals surface area contributed by atoms with Gasteiger partial charge >= 0.3 is 0 Å². The van der Waals surface area contributed by atoms with E-state index in [1.165, 1.54) is 5.56 Å². The first-order valence-corrected chi connectivity index (χ1v) is 8.41. The summed E-state index contributed by atoms with van der Waals surface area (Å²) in [6.45, 7) is 3.73. The molecule has 5 nitrogen and oxygen atoms in total. The van der Waals surface area contributed by atoms with Gasteiger partial charge < -0.3 is 24.8 Å². The molecule has 1 aliphatic heterocycles. The molecule has 1 fully saturated rings. The van der Waals surface area contributed by atoms with E-state index in [1.807, 2.05) is 18.2 Å². The Labute approximate surface area is 143 Å². The summed E-state index contributed by atoms with van der Waals surface area (Å²) in [6, 6.07) is 6.18. The van der Waals surface area contributed by atoms with Gasteiger partial charge in [0.25, 0.3) is 0 Å². The molecule has 2 N–H and O–H groups in total. The monoisotopic (exact) mass is 338 g/mol. The lowest BCUT2D eigenvalue weighted by Gasteiger charge is -2.22. The second kappa shape index (κ2) is 8.93. The fraction of sp³-hybridized carbons (Fsp3) is 0.588. The topological polar surface area (TPSA) is 51.8 Å². The molecule has 1 heterocycles. The molecule has 0 bridgehead atoms. The van der Waals surface area contributed by atoms with Crippen LogP contribution in [0.25, 0.3) is 0 Å². The summed E-state index contributed by atoms with van der Waals surface area (Å²) >= 11 is 5.35. The molecule has 23 heavy (non-hydrogen) atoms. The highest BCUT2D eigenvalue weighted by Crippen LogP contribution is 2.27. The Balaban J connectivity index is 1.74. The second-order valence-electron chi connectivity index (χ2n) is 5.68. The molecule has 1 aliphatic rings. The van der Waals surface area contributed by atoms with Crippen molar-refractivity contribution in [1.82, 2.24) is 10.6 Å². The molecule has 6 heteroatoms. The van der Waals surface area contributed by atoms with Gasteiger partial charge in [-0.1, -0.05) is 6.07 Å². The summed E-state index contributed by atoms with van der Waals surface area (Å²) in [7, 11) is 3.28. The molecule has 0 aliphatic carbocycles. The van der Waals surface area contributed by atoms with Gasteiger partial charge in [-0.15, -0.1) is 0 Å². The Morgan fingerprint density at radius 3 is 2.78 bits per heavy atom. The predicted molar refractivity (Wildman–Crippen MR) is 95.4 cm³/mol. The van der Waals surface area contributed by atoms with Crippen LogP contribution in [-0.4, -0.2) is 44.6 Å². The number of methoxy groups -OCH3 is 2. The van der Waals surface area contributed by atoms with Crippen molar-refractivity contribution in [2.75, 3.05) is 27.4 Å². The van der Waals surface area contributed by atoms with Crippen molar-refractivity contribution in [1.29, 1.82) is 0 Å². The molecule has 2 rings (SSSR count). The van der Waals surface area contributed by atoms with Crippen LogP contribution in [0.4, 0.5) is 0 Å². The van der Waals surface area contributed by atoms with E-state index in [0.29, 0.717) is 5.11 Å². The number of thiocarbonyl (C=S) groups is 1. The lowest BCUT2D eigenvalue weighted by molar-refractivity contribution is 0.0893. The van der Waals surface area contributed by atoms with Gasteiger partial charge in [-0.3, -0.25) is 0 Å². The standard InChI is InChI=1S/C17H26N2O3S/c1-12(14-5-4-10-22-14)19-17(23)18-9-8-13-6-7-15(20-2)16(11-13)21-3/h6-7,11-12,14H,4-5,8-10H2,1-3H3,(H2,18,19,23)/t12-,14-/m0/s1. The first kappa shape index (κ1) is 17.8. The van der Waals surface area contributed by atoms with Crippen LogP contribution in [0.2, 0.25) is 0 Å². The maximum Gasteiger partial charge on any atom is 0.166 e. The largest absolute Gasteiger partial charge is 0.493 e. The van der Waals surface area contributed by atoms with Crippen LogP contribution in [0.15, 0.2) is 18.2 Å². The lowest BCUT2D eigenvalue weighted by Crippen LogP contribution is -2.46. The normalized spacial score (nSPS) is 18.3. The van der Waals surface area contributed by atoms with Crippen LogP contribution >= 0.6 is 12.2 Å². The van der Waals surface area contributed by atoms with Crippen LogP contribution in [0.1, 0.15) is 25.3 Å². The molecule has 128 valence electrons. The zero-order valence-corrected chi connectivity index (χ0v) is 14.9. The highest BCUT2D eigenvalue weighted by atomic mass is 32.1. The number of ether oxygens (including phenoxy) is 3. The van der Waals surface area contributed by atoms with E-state index >= 15 is 0 Å². The summed E-state index contributed by atoms with van der Waals surface area (Å²) in [5, 5.41) is 7.22. The van der Waals surface area contributed by atoms with Crippen molar-refractivity contribution in [3.63, 3.8) is 0 Å². The minimum Gasteiger partial charge on any atom is -0.493 e. The van der Waals surface area contributed by atoms with Gasteiger partial charge in [-0.25, -0.2) is 0 Å². The molecule has 1 aromatic carbocycles. The smallest absolute Gasteiger partial charge is 0.166 e. The van der Waals surface area contributed by atoms with Crippen molar-refractivity contribution in [2.45, 2.75) is 38.3 Å². The SMILES string of the molecule is COc1ccc(CCNC(=S)N[C@@H](C)[C@@H]2CCCO2)cc1OC. The first-order valence-electron chi connectivity index (χ1n) is 8.01. The Bertz CT molecular complexity index is 519. The van der Waals surface area contributed by atoms with E-state index in [1.54, 1.807) is 14.2 Å². The zero-order chi connectivity index (χ0) is 16.7. The van der Waals surface area contributed by atoms with E-state index in [2.05, 4.69) is 17.6 Å². The average molecular weight is 338 g/mol. The quantitative estimate of drug-likeness (QED) is 0.744. The van der Waals surface area contributed by atoms with Gasteiger partial charge in [-0.2, -0.15) is 0 Å². The molecule has 0 saturated carbocycles. The van der Waals surface area contributed by atoms with Crippen LogP contribution in [0, 0.1) is 0 Å². The number of hydrogen-bond donors (Lipinski definition) is 2. The van der Waals surface area contributed by atoms with E-state index in [9.17, 15) is 0 Å². The van der Waals surface area contributed by atoms with Gasteiger partial charge in [0.05, 0.1) is 26.4 Å². The molecular weight excluding hydrogens is 312 g/mol. The number of nitrogens with one attached hydrogen (secondary N) is 2. The maximum absolute atomic E-state index is 5.66. The van der Waals surface area contributed by atoms with E-state index < -0.39 is 0 Å². The first-order chi connectivity index (χ1) is 11.1. The van der Waals surface area contributed by atoms with Crippen LogP contribution in [0.3, 0.4) is 0 Å². The molecule has 1 aromatic rings. The van der Waals surface area contributed by atoms with Crippen molar-refractivity contribution in [3.05, 3.63) is 23.8 Å². The van der Waals surface area contributed by atoms with Crippen molar-refractivity contribution in [2.24, 2.45) is 0 Å². The summed E-state index contributed by atoms with van der Waals surface area (Å²) < 4.78 is 16.2. The number of rotatable bonds is 7. The predicted octanol–water partition coefficient (Wildman–Crippen LogP) is 2.28. The lowest BCUT2D eigenvalue weighted by atomic mass is 10.1. The van der Waals surface area contributed by atoms with Crippen LogP contribution < -0.4 is 20.1 Å². The summed E-state index contributed by atoms with van der Waals surface area (Å²) in [4.78, 5) is 0. The second-order valence-corrected chi connectivity index (χ2v) is 6.09. The molecule has 0 amide bonds. The van der Waals surface area contributed by atoms with Crippen molar-refractivity contribution < 1.29 is 14.2 Å². The van der Waals surface area contributed by atoms with Gasteiger partial charge in [0.2, 0.25) is 0 Å². The van der Waals surface area contributed by atoms with Gasteiger partial charge in [-0.05, 0) is 56.1 Å². The van der Waals surface area contributed by atoms with Crippen LogP contribution in [-0.2, 0) is 11.2 Å². The van der Waals surface area contributed by atoms with Gasteiger partial charge in [0.15, 0.2) is 16.6 Å². The Morgan fingerprint density at radius 2 is 2.13 bits per heavy atom. The van der Waals surface area contributed by atoms with Crippen molar-refractivity contribution >= 4 is 17.3 Å². The Hall–Kier alpha value is -1.53. The fourth-order valence-corrected chi connectivity index (χ4v) is 2.99. The van der Waals surface area contributed by atoms with E-state index in [4.69, 9.17) is 26.4 Å². The molecule has 1 saturated heterocycles. The highest BCUT2D eigenvalue weighted by molar-refractivity contribution is 7.80. The Morgan fingerprint density at radius 1 is 1.35 bits per heavy atom. The van der Waals surface area contributed by atoms with Crippen LogP contribution in [0.5, 0.6) is 11.5 Å². The fourth-order valence-electron chi connectivity index (χ4n) is 2.70. The minimum atomic E-state index is 0.235. The van der Waals surface area contributed by atoms with E-state index in [-0.39, 0.29) is 12.1 Å². The van der Waals surface area contributed by atoms with E-state index in [0.717, 1.165) is 43.9 Å².